The molecule has 9 nitrogen and oxygen atoms in total. The maximum Gasteiger partial charge on any atom is 0.238 e. The number of rotatable bonds is 5. The van der Waals surface area contributed by atoms with Gasteiger partial charge >= 0.3 is 0 Å². The van der Waals surface area contributed by atoms with E-state index in [-0.39, 0.29) is 4.90 Å². The summed E-state index contributed by atoms with van der Waals surface area (Å²) < 4.78 is 23.0. The Balaban J connectivity index is 1.47. The summed E-state index contributed by atoms with van der Waals surface area (Å²) in [5, 5.41) is 9.62. The molecule has 5 rings (SSSR count). The normalized spacial score (nSPS) is 14.1. The van der Waals surface area contributed by atoms with E-state index in [1.807, 2.05) is 37.4 Å². The second-order valence-corrected chi connectivity index (χ2v) is 10.2. The molecule has 1 aliphatic heterocycles. The number of hydrogen-bond acceptors (Lipinski definition) is 8. The van der Waals surface area contributed by atoms with E-state index in [4.69, 9.17) is 21.7 Å². The van der Waals surface area contributed by atoms with Crippen molar-refractivity contribution in [3.63, 3.8) is 0 Å². The fourth-order valence-electron chi connectivity index (χ4n) is 3.94. The van der Waals surface area contributed by atoms with Crippen molar-refractivity contribution in [2.75, 3.05) is 29.9 Å². The van der Waals surface area contributed by atoms with Gasteiger partial charge in [0.2, 0.25) is 16.0 Å². The maximum absolute atomic E-state index is 11.5. The quantitative estimate of drug-likeness (QED) is 0.417. The fourth-order valence-corrected chi connectivity index (χ4v) is 4.68. The molecule has 0 spiro atoms. The molecule has 3 heterocycles. The van der Waals surface area contributed by atoms with Crippen LogP contribution in [0.15, 0.2) is 70.8 Å². The molecule has 11 heteroatoms. The van der Waals surface area contributed by atoms with Crippen molar-refractivity contribution in [3.05, 3.63) is 65.9 Å². The Morgan fingerprint density at radius 3 is 2.54 bits per heavy atom. The molecular weight excluding hydrogens is 486 g/mol. The van der Waals surface area contributed by atoms with Gasteiger partial charge in [0, 0.05) is 51.9 Å². The van der Waals surface area contributed by atoms with Gasteiger partial charge in [-0.2, -0.15) is 0 Å². The SMILES string of the molecule is CC1=NCCN(c2ccc(-c3cc(Cl)cc4cnc(Nc5ccc(S(N)(=O)=O)cc5)nc34)cn2)C1. The number of nitrogens with zero attached hydrogens (tertiary/aromatic N) is 5. The van der Waals surface area contributed by atoms with Crippen molar-refractivity contribution in [3.8, 4) is 11.1 Å². The number of anilines is 3. The Morgan fingerprint density at radius 1 is 1.06 bits per heavy atom. The predicted molar refractivity (Wildman–Crippen MR) is 139 cm³/mol. The van der Waals surface area contributed by atoms with Crippen LogP contribution in [0.4, 0.5) is 17.5 Å². The van der Waals surface area contributed by atoms with Gasteiger partial charge in [-0.15, -0.1) is 0 Å². The van der Waals surface area contributed by atoms with Crippen LogP contribution in [0.1, 0.15) is 6.92 Å². The molecule has 1 aliphatic rings. The minimum Gasteiger partial charge on any atom is -0.349 e. The van der Waals surface area contributed by atoms with Crippen LogP contribution in [-0.4, -0.2) is 48.7 Å². The highest BCUT2D eigenvalue weighted by atomic mass is 35.5. The lowest BCUT2D eigenvalue weighted by Crippen LogP contribution is -2.35. The molecule has 0 atom stereocenters. The minimum absolute atomic E-state index is 0.0300. The van der Waals surface area contributed by atoms with Crippen molar-refractivity contribution in [2.45, 2.75) is 11.8 Å². The number of halogens is 1. The van der Waals surface area contributed by atoms with Crippen molar-refractivity contribution < 1.29 is 8.42 Å². The van der Waals surface area contributed by atoms with Gasteiger partial charge in [-0.3, -0.25) is 4.99 Å². The monoisotopic (exact) mass is 507 g/mol. The summed E-state index contributed by atoms with van der Waals surface area (Å²) in [5.41, 5.74) is 4.14. The number of aromatic nitrogens is 3. The first-order chi connectivity index (χ1) is 16.8. The highest BCUT2D eigenvalue weighted by Crippen LogP contribution is 2.32. The molecule has 0 fully saturated rings. The van der Waals surface area contributed by atoms with Crippen LogP contribution >= 0.6 is 11.6 Å². The summed E-state index contributed by atoms with van der Waals surface area (Å²) in [5.74, 6) is 1.26. The molecular formula is C24H22ClN7O2S. The predicted octanol–water partition coefficient (Wildman–Crippen LogP) is 4.02. The molecule has 35 heavy (non-hydrogen) atoms. The van der Waals surface area contributed by atoms with Crippen molar-refractivity contribution in [1.82, 2.24) is 15.0 Å². The molecule has 0 aliphatic carbocycles. The molecule has 4 aromatic rings. The van der Waals surface area contributed by atoms with E-state index in [2.05, 4.69) is 25.2 Å². The summed E-state index contributed by atoms with van der Waals surface area (Å²) in [6.07, 6.45) is 3.51. The molecule has 0 saturated carbocycles. The lowest BCUT2D eigenvalue weighted by molar-refractivity contribution is 0.598. The highest BCUT2D eigenvalue weighted by Gasteiger charge is 2.15. The van der Waals surface area contributed by atoms with Gasteiger partial charge in [-0.1, -0.05) is 11.6 Å². The standard InChI is InChI=1S/C24H22ClN7O2S/c1-15-14-32(9-8-27-15)22-7-2-16(12-28-22)21-11-18(25)10-17-13-29-24(31-23(17)21)30-19-3-5-20(6-4-19)35(26,33)34/h2-7,10-13H,8-9,14H2,1H3,(H2,26,33,34)(H,29,30,31). The molecule has 0 saturated heterocycles. The number of nitrogens with two attached hydrogens (primary N) is 1. The Bertz CT molecular complexity index is 1540. The molecule has 0 amide bonds. The zero-order valence-electron chi connectivity index (χ0n) is 18.8. The fraction of sp³-hybridized carbons (Fsp3) is 0.167. The van der Waals surface area contributed by atoms with Crippen molar-refractivity contribution >= 4 is 55.7 Å². The largest absolute Gasteiger partial charge is 0.349 e. The average Bonchev–Trinajstić information content (AvgIpc) is 2.84. The molecule has 0 unspecified atom stereocenters. The Kier molecular flexibility index (Phi) is 6.10. The third-order valence-corrected chi connectivity index (χ3v) is 6.79. The van der Waals surface area contributed by atoms with E-state index in [0.717, 1.165) is 47.7 Å². The molecule has 2 aromatic carbocycles. The van der Waals surface area contributed by atoms with Crippen LogP contribution in [0.3, 0.4) is 0 Å². The molecule has 2 aromatic heterocycles. The van der Waals surface area contributed by atoms with E-state index in [1.54, 1.807) is 18.3 Å². The van der Waals surface area contributed by atoms with Crippen LogP contribution in [0.25, 0.3) is 22.0 Å². The Labute approximate surface area is 207 Å². The lowest BCUT2D eigenvalue weighted by Gasteiger charge is -2.26. The number of hydrogen-bond donors (Lipinski definition) is 2. The number of benzene rings is 2. The van der Waals surface area contributed by atoms with Gasteiger partial charge in [0.05, 0.1) is 23.5 Å². The molecule has 0 bridgehead atoms. The Morgan fingerprint density at radius 2 is 1.86 bits per heavy atom. The van der Waals surface area contributed by atoms with Gasteiger partial charge in [-0.25, -0.2) is 28.5 Å². The lowest BCUT2D eigenvalue weighted by atomic mass is 10.0. The average molecular weight is 508 g/mol. The van der Waals surface area contributed by atoms with E-state index < -0.39 is 10.0 Å². The van der Waals surface area contributed by atoms with E-state index in [0.29, 0.717) is 22.2 Å². The highest BCUT2D eigenvalue weighted by molar-refractivity contribution is 7.89. The smallest absolute Gasteiger partial charge is 0.238 e. The summed E-state index contributed by atoms with van der Waals surface area (Å²) in [4.78, 5) is 20.4. The summed E-state index contributed by atoms with van der Waals surface area (Å²) >= 11 is 6.39. The first kappa shape index (κ1) is 23.2. The maximum atomic E-state index is 11.5. The number of pyridine rings is 1. The van der Waals surface area contributed by atoms with Crippen molar-refractivity contribution in [2.24, 2.45) is 10.1 Å². The van der Waals surface area contributed by atoms with Crippen LogP contribution in [0.5, 0.6) is 0 Å². The van der Waals surface area contributed by atoms with Crippen LogP contribution < -0.4 is 15.4 Å². The minimum atomic E-state index is -3.76. The number of aliphatic imine (C=N–C) groups is 1. The van der Waals surface area contributed by atoms with Gasteiger partial charge < -0.3 is 10.2 Å². The first-order valence-electron chi connectivity index (χ1n) is 10.8. The zero-order valence-corrected chi connectivity index (χ0v) is 20.4. The van der Waals surface area contributed by atoms with Gasteiger partial charge in [0.15, 0.2) is 0 Å². The van der Waals surface area contributed by atoms with E-state index >= 15 is 0 Å². The summed E-state index contributed by atoms with van der Waals surface area (Å²) in [6.45, 7) is 4.40. The summed E-state index contributed by atoms with van der Waals surface area (Å²) in [7, 11) is -3.76. The molecule has 178 valence electrons. The van der Waals surface area contributed by atoms with Gasteiger partial charge in [-0.05, 0) is 55.5 Å². The first-order valence-corrected chi connectivity index (χ1v) is 12.8. The third-order valence-electron chi connectivity index (χ3n) is 5.64. The molecule has 3 N–H and O–H groups in total. The second kappa shape index (κ2) is 9.21. The van der Waals surface area contributed by atoms with Crippen molar-refractivity contribution in [1.29, 1.82) is 0 Å². The molecule has 0 radical (unpaired) electrons. The van der Waals surface area contributed by atoms with E-state index in [1.165, 1.54) is 12.1 Å². The third kappa shape index (κ3) is 5.09. The van der Waals surface area contributed by atoms with E-state index in [9.17, 15) is 8.42 Å². The number of nitrogens with one attached hydrogen (secondary N) is 1. The zero-order chi connectivity index (χ0) is 24.6. The summed E-state index contributed by atoms with van der Waals surface area (Å²) in [6, 6.07) is 13.7. The van der Waals surface area contributed by atoms with Crippen LogP contribution in [-0.2, 0) is 10.0 Å². The van der Waals surface area contributed by atoms with Crippen LogP contribution in [0, 0.1) is 0 Å². The topological polar surface area (TPSA) is 126 Å². The van der Waals surface area contributed by atoms with Gasteiger partial charge in [0.25, 0.3) is 0 Å². The number of fused-ring (bicyclic) bond motifs is 1. The van der Waals surface area contributed by atoms with Crippen LogP contribution in [0.2, 0.25) is 5.02 Å². The Hall–Kier alpha value is -3.60. The number of primary sulfonamides is 1. The number of sulfonamides is 1. The van der Waals surface area contributed by atoms with Gasteiger partial charge in [0.1, 0.15) is 5.82 Å². The second-order valence-electron chi connectivity index (χ2n) is 8.22.